The summed E-state index contributed by atoms with van der Waals surface area (Å²) in [6.45, 7) is 6.86. The molecule has 3 amide bonds. The van der Waals surface area contributed by atoms with Crippen molar-refractivity contribution in [3.63, 3.8) is 0 Å². The van der Waals surface area contributed by atoms with Crippen LogP contribution in [0.4, 0.5) is 10.5 Å². The second-order valence-corrected chi connectivity index (χ2v) is 7.26. The van der Waals surface area contributed by atoms with Gasteiger partial charge in [0, 0.05) is 38.2 Å². The Labute approximate surface area is 165 Å². The summed E-state index contributed by atoms with van der Waals surface area (Å²) < 4.78 is 10.5. The number of rotatable bonds is 5. The maximum absolute atomic E-state index is 13.0. The Balaban J connectivity index is 2.16. The molecule has 150 valence electrons. The monoisotopic (exact) mass is 397 g/mol. The number of urea groups is 1. The number of nitrogens with one attached hydrogen (secondary N) is 1. The number of halogens is 1. The van der Waals surface area contributed by atoms with Crippen LogP contribution in [0.25, 0.3) is 0 Å². The van der Waals surface area contributed by atoms with Crippen molar-refractivity contribution in [1.82, 2.24) is 9.80 Å². The predicted octanol–water partition coefficient (Wildman–Crippen LogP) is 3.61. The number of amides is 3. The zero-order chi connectivity index (χ0) is 20.1. The molecule has 0 aromatic heterocycles. The normalized spacial score (nSPS) is 14.9. The predicted molar refractivity (Wildman–Crippen MR) is 106 cm³/mol. The number of methoxy groups -OCH3 is 2. The Hall–Kier alpha value is -2.15. The Bertz CT molecular complexity index is 688. The van der Waals surface area contributed by atoms with Gasteiger partial charge in [-0.25, -0.2) is 4.79 Å². The van der Waals surface area contributed by atoms with Crippen molar-refractivity contribution >= 4 is 29.2 Å². The fourth-order valence-corrected chi connectivity index (χ4v) is 3.66. The van der Waals surface area contributed by atoms with Crippen molar-refractivity contribution in [2.45, 2.75) is 45.7 Å². The molecule has 0 bridgehead atoms. The summed E-state index contributed by atoms with van der Waals surface area (Å²) in [6, 6.07) is 3.13. The van der Waals surface area contributed by atoms with E-state index in [0.717, 1.165) is 12.8 Å². The summed E-state index contributed by atoms with van der Waals surface area (Å²) in [7, 11) is 3.04. The molecule has 0 unspecified atom stereocenters. The van der Waals surface area contributed by atoms with Gasteiger partial charge in [-0.1, -0.05) is 11.6 Å². The maximum atomic E-state index is 13.0. The lowest BCUT2D eigenvalue weighted by Gasteiger charge is -2.40. The van der Waals surface area contributed by atoms with Gasteiger partial charge in [0.25, 0.3) is 0 Å². The fourth-order valence-electron chi connectivity index (χ4n) is 3.42. The molecular weight excluding hydrogens is 370 g/mol. The first kappa shape index (κ1) is 21.2. The van der Waals surface area contributed by atoms with Gasteiger partial charge in [0.15, 0.2) is 0 Å². The van der Waals surface area contributed by atoms with Gasteiger partial charge in [-0.05, 0) is 32.8 Å². The molecule has 0 spiro atoms. The zero-order valence-corrected chi connectivity index (χ0v) is 17.3. The van der Waals surface area contributed by atoms with E-state index in [4.69, 9.17) is 21.1 Å². The van der Waals surface area contributed by atoms with Gasteiger partial charge < -0.3 is 24.6 Å². The highest BCUT2D eigenvalue weighted by Gasteiger charge is 2.31. The molecule has 0 aliphatic carbocycles. The van der Waals surface area contributed by atoms with Crippen LogP contribution >= 0.6 is 11.6 Å². The molecule has 1 saturated heterocycles. The second kappa shape index (κ2) is 9.17. The van der Waals surface area contributed by atoms with E-state index >= 15 is 0 Å². The number of hydrogen-bond acceptors (Lipinski definition) is 4. The van der Waals surface area contributed by atoms with Gasteiger partial charge in [-0.2, -0.15) is 0 Å². The Kier molecular flexibility index (Phi) is 7.18. The molecule has 0 radical (unpaired) electrons. The van der Waals surface area contributed by atoms with Crippen LogP contribution in [0.15, 0.2) is 12.1 Å². The van der Waals surface area contributed by atoms with Gasteiger partial charge in [0.1, 0.15) is 11.5 Å². The quantitative estimate of drug-likeness (QED) is 0.823. The zero-order valence-electron chi connectivity index (χ0n) is 16.5. The van der Waals surface area contributed by atoms with Crippen molar-refractivity contribution < 1.29 is 19.1 Å². The lowest BCUT2D eigenvalue weighted by atomic mass is 10.0. The first-order valence-electron chi connectivity index (χ1n) is 9.04. The summed E-state index contributed by atoms with van der Waals surface area (Å²) in [6.07, 6.45) is 1.51. The highest BCUT2D eigenvalue weighted by Crippen LogP contribution is 2.36. The SMILES string of the molecule is COc1cc(OC)c(NC(=O)N(C(C)C)C2CCN(C(C)=O)CC2)cc1Cl. The van der Waals surface area contributed by atoms with Crippen LogP contribution in [0.2, 0.25) is 5.02 Å². The fraction of sp³-hybridized carbons (Fsp3) is 0.579. The van der Waals surface area contributed by atoms with Crippen LogP contribution in [0.5, 0.6) is 11.5 Å². The van der Waals surface area contributed by atoms with Crippen molar-refractivity contribution in [1.29, 1.82) is 0 Å². The number of carbonyl (C=O) groups excluding carboxylic acids is 2. The highest BCUT2D eigenvalue weighted by molar-refractivity contribution is 6.32. The molecule has 1 fully saturated rings. The first-order chi connectivity index (χ1) is 12.8. The summed E-state index contributed by atoms with van der Waals surface area (Å²) in [5.41, 5.74) is 0.486. The largest absolute Gasteiger partial charge is 0.495 e. The number of ether oxygens (including phenoxy) is 2. The van der Waals surface area contributed by atoms with Crippen molar-refractivity contribution in [2.24, 2.45) is 0 Å². The van der Waals surface area contributed by atoms with Crippen LogP contribution < -0.4 is 14.8 Å². The number of nitrogens with zero attached hydrogens (tertiary/aromatic N) is 2. The maximum Gasteiger partial charge on any atom is 0.322 e. The van der Waals surface area contributed by atoms with E-state index in [-0.39, 0.29) is 24.0 Å². The number of benzene rings is 1. The van der Waals surface area contributed by atoms with Gasteiger partial charge in [-0.15, -0.1) is 0 Å². The van der Waals surface area contributed by atoms with E-state index in [1.54, 1.807) is 19.1 Å². The van der Waals surface area contributed by atoms with E-state index < -0.39 is 0 Å². The Morgan fingerprint density at radius 3 is 2.26 bits per heavy atom. The van der Waals surface area contributed by atoms with E-state index in [1.165, 1.54) is 14.2 Å². The molecule has 0 atom stereocenters. The number of anilines is 1. The summed E-state index contributed by atoms with van der Waals surface area (Å²) in [5.74, 6) is 1.02. The van der Waals surface area contributed by atoms with E-state index in [9.17, 15) is 9.59 Å². The average Bonchev–Trinajstić information content (AvgIpc) is 2.62. The molecule has 1 aliphatic heterocycles. The van der Waals surface area contributed by atoms with Crippen LogP contribution in [-0.2, 0) is 4.79 Å². The molecule has 1 aromatic carbocycles. The smallest absolute Gasteiger partial charge is 0.322 e. The molecule has 1 aliphatic rings. The first-order valence-corrected chi connectivity index (χ1v) is 9.42. The number of piperidine rings is 1. The minimum absolute atomic E-state index is 0.0126. The van der Waals surface area contributed by atoms with Crippen LogP contribution in [0.1, 0.15) is 33.6 Å². The minimum Gasteiger partial charge on any atom is -0.495 e. The van der Waals surface area contributed by atoms with Crippen molar-refractivity contribution in [3.05, 3.63) is 17.2 Å². The van der Waals surface area contributed by atoms with Gasteiger partial charge >= 0.3 is 6.03 Å². The molecule has 1 aromatic rings. The minimum atomic E-state index is -0.217. The summed E-state index contributed by atoms with van der Waals surface area (Å²) >= 11 is 6.20. The third-order valence-electron chi connectivity index (χ3n) is 4.81. The van der Waals surface area contributed by atoms with Gasteiger partial charge in [0.2, 0.25) is 5.91 Å². The third kappa shape index (κ3) is 4.97. The molecule has 27 heavy (non-hydrogen) atoms. The van der Waals surface area contributed by atoms with Crippen LogP contribution in [-0.4, -0.2) is 61.1 Å². The second-order valence-electron chi connectivity index (χ2n) is 6.86. The average molecular weight is 398 g/mol. The summed E-state index contributed by atoms with van der Waals surface area (Å²) in [4.78, 5) is 28.2. The number of likely N-dealkylation sites (tertiary alicyclic amines) is 1. The molecular formula is C19H28ClN3O4. The highest BCUT2D eigenvalue weighted by atomic mass is 35.5. The standard InChI is InChI=1S/C19H28ClN3O4/c1-12(2)23(14-6-8-22(9-7-14)13(3)24)19(25)21-16-10-15(20)17(26-4)11-18(16)27-5/h10-12,14H,6-9H2,1-5H3,(H,21,25). The Morgan fingerprint density at radius 1 is 1.19 bits per heavy atom. The third-order valence-corrected chi connectivity index (χ3v) is 5.10. The van der Waals surface area contributed by atoms with Crippen LogP contribution in [0.3, 0.4) is 0 Å². The van der Waals surface area contributed by atoms with E-state index in [0.29, 0.717) is 35.3 Å². The lowest BCUT2D eigenvalue weighted by Crippen LogP contribution is -2.52. The number of hydrogen-bond donors (Lipinski definition) is 1. The summed E-state index contributed by atoms with van der Waals surface area (Å²) in [5, 5.41) is 3.30. The lowest BCUT2D eigenvalue weighted by molar-refractivity contribution is -0.130. The van der Waals surface area contributed by atoms with E-state index in [2.05, 4.69) is 5.32 Å². The van der Waals surface area contributed by atoms with Crippen LogP contribution in [0, 0.1) is 0 Å². The molecule has 2 rings (SSSR count). The molecule has 1 heterocycles. The molecule has 1 N–H and O–H groups in total. The Morgan fingerprint density at radius 2 is 1.78 bits per heavy atom. The van der Waals surface area contributed by atoms with Gasteiger partial charge in [0.05, 0.1) is 24.9 Å². The van der Waals surface area contributed by atoms with Gasteiger partial charge in [-0.3, -0.25) is 4.79 Å². The number of carbonyl (C=O) groups is 2. The van der Waals surface area contributed by atoms with E-state index in [1.807, 2.05) is 23.6 Å². The molecule has 0 saturated carbocycles. The van der Waals surface area contributed by atoms with Crippen molar-refractivity contribution in [3.8, 4) is 11.5 Å². The topological polar surface area (TPSA) is 71.1 Å². The molecule has 8 heteroatoms. The van der Waals surface area contributed by atoms with Crippen molar-refractivity contribution in [2.75, 3.05) is 32.6 Å². The molecule has 7 nitrogen and oxygen atoms in total.